The fourth-order valence-corrected chi connectivity index (χ4v) is 4.20. The number of aryl methyl sites for hydroxylation is 1. The first-order chi connectivity index (χ1) is 12.1. The second-order valence-corrected chi connectivity index (χ2v) is 7.30. The fraction of sp³-hybridized carbons (Fsp3) is 0.450. The van der Waals surface area contributed by atoms with Crippen molar-refractivity contribution < 1.29 is 4.79 Å². The number of aromatic nitrogens is 2. The van der Waals surface area contributed by atoms with Gasteiger partial charge in [-0.3, -0.25) is 9.78 Å². The van der Waals surface area contributed by atoms with Crippen molar-refractivity contribution >= 4 is 17.4 Å². The number of carbonyl (C=O) groups excluding carboxylic acids is 1. The Kier molecular flexibility index (Phi) is 3.94. The molecule has 2 aromatic rings. The summed E-state index contributed by atoms with van der Waals surface area (Å²) in [4.78, 5) is 23.3. The second-order valence-electron chi connectivity index (χ2n) is 7.30. The number of amides is 1. The van der Waals surface area contributed by atoms with Gasteiger partial charge in [0, 0.05) is 30.8 Å². The molecule has 5 nitrogen and oxygen atoms in total. The lowest BCUT2D eigenvalue weighted by Gasteiger charge is -2.45. The molecule has 1 fully saturated rings. The van der Waals surface area contributed by atoms with Gasteiger partial charge in [-0.15, -0.1) is 0 Å². The van der Waals surface area contributed by atoms with E-state index < -0.39 is 0 Å². The van der Waals surface area contributed by atoms with E-state index in [1.54, 1.807) is 19.3 Å². The predicted molar refractivity (Wildman–Crippen MR) is 98.4 cm³/mol. The van der Waals surface area contributed by atoms with Crippen LogP contribution in [0.5, 0.6) is 0 Å². The van der Waals surface area contributed by atoms with Crippen LogP contribution in [-0.4, -0.2) is 21.9 Å². The Morgan fingerprint density at radius 3 is 2.68 bits per heavy atom. The van der Waals surface area contributed by atoms with Crippen molar-refractivity contribution in [1.29, 1.82) is 0 Å². The highest BCUT2D eigenvalue weighted by atomic mass is 16.2. The first-order valence-corrected chi connectivity index (χ1v) is 9.00. The minimum absolute atomic E-state index is 0.119. The zero-order valence-corrected chi connectivity index (χ0v) is 14.9. The normalized spacial score (nSPS) is 25.4. The predicted octanol–water partition coefficient (Wildman–Crippen LogP) is 3.72. The first kappa shape index (κ1) is 16.1. The standard InChI is InChI=1S/C20H24N4O/c1-12-10-21-11-18(22-12)23-19-13(2)20(15-8-9-15)24(14(3)25)17-7-5-4-6-16(17)19/h4-7,10-11,13,15,19-20H,8-9H2,1-3H3,(H,22,23)/t13-,19-,20-/m1/s1. The lowest BCUT2D eigenvalue weighted by molar-refractivity contribution is -0.117. The Morgan fingerprint density at radius 1 is 1.24 bits per heavy atom. The molecule has 1 amide bonds. The van der Waals surface area contributed by atoms with Gasteiger partial charge in [-0.2, -0.15) is 0 Å². The Balaban J connectivity index is 1.77. The van der Waals surface area contributed by atoms with Crippen LogP contribution in [0.15, 0.2) is 36.7 Å². The molecule has 0 radical (unpaired) electrons. The number of rotatable bonds is 3. The summed E-state index contributed by atoms with van der Waals surface area (Å²) < 4.78 is 0. The molecule has 5 heteroatoms. The molecule has 2 heterocycles. The molecule has 2 aliphatic rings. The summed E-state index contributed by atoms with van der Waals surface area (Å²) in [6, 6.07) is 8.59. The Bertz CT molecular complexity index is 802. The van der Waals surface area contributed by atoms with Crippen molar-refractivity contribution in [2.75, 3.05) is 10.2 Å². The Morgan fingerprint density at radius 2 is 2.00 bits per heavy atom. The maximum Gasteiger partial charge on any atom is 0.224 e. The van der Waals surface area contributed by atoms with Gasteiger partial charge in [0.15, 0.2) is 0 Å². The monoisotopic (exact) mass is 336 g/mol. The van der Waals surface area contributed by atoms with Crippen LogP contribution in [0.1, 0.15) is 44.0 Å². The van der Waals surface area contributed by atoms with Gasteiger partial charge in [-0.05, 0) is 37.3 Å². The summed E-state index contributed by atoms with van der Waals surface area (Å²) in [5.41, 5.74) is 3.08. The number of para-hydroxylation sites is 1. The number of anilines is 2. The maximum atomic E-state index is 12.4. The van der Waals surface area contributed by atoms with E-state index in [1.165, 1.54) is 12.8 Å². The smallest absolute Gasteiger partial charge is 0.224 e. The van der Waals surface area contributed by atoms with Gasteiger partial charge >= 0.3 is 0 Å². The summed E-state index contributed by atoms with van der Waals surface area (Å²) in [5, 5.41) is 3.59. The third-order valence-electron chi connectivity index (χ3n) is 5.40. The SMILES string of the molecule is CC(=O)N1c2ccccc2[C@H](Nc2cncc(C)n2)[C@@H](C)[C@@H]1C1CC1. The third-order valence-corrected chi connectivity index (χ3v) is 5.40. The highest BCUT2D eigenvalue weighted by Crippen LogP contribution is 2.49. The van der Waals surface area contributed by atoms with Crippen LogP contribution >= 0.6 is 0 Å². The van der Waals surface area contributed by atoms with Gasteiger partial charge in [-0.1, -0.05) is 25.1 Å². The van der Waals surface area contributed by atoms with E-state index in [1.807, 2.05) is 24.0 Å². The van der Waals surface area contributed by atoms with Crippen LogP contribution in [-0.2, 0) is 4.79 Å². The highest BCUT2D eigenvalue weighted by molar-refractivity contribution is 5.94. The van der Waals surface area contributed by atoms with E-state index in [4.69, 9.17) is 0 Å². The molecule has 1 N–H and O–H groups in total. The van der Waals surface area contributed by atoms with Gasteiger partial charge in [0.25, 0.3) is 0 Å². The molecular formula is C20H24N4O. The molecule has 3 atom stereocenters. The fourth-order valence-electron chi connectivity index (χ4n) is 4.20. The largest absolute Gasteiger partial charge is 0.362 e. The quantitative estimate of drug-likeness (QED) is 0.928. The van der Waals surface area contributed by atoms with E-state index >= 15 is 0 Å². The number of benzene rings is 1. The molecule has 25 heavy (non-hydrogen) atoms. The highest BCUT2D eigenvalue weighted by Gasteiger charge is 2.47. The summed E-state index contributed by atoms with van der Waals surface area (Å²) >= 11 is 0. The Labute approximate surface area is 148 Å². The lowest BCUT2D eigenvalue weighted by Crippen LogP contribution is -2.51. The van der Waals surface area contributed by atoms with Crippen LogP contribution in [0.3, 0.4) is 0 Å². The summed E-state index contributed by atoms with van der Waals surface area (Å²) in [6.07, 6.45) is 5.94. The van der Waals surface area contributed by atoms with Gasteiger partial charge in [0.2, 0.25) is 5.91 Å². The number of fused-ring (bicyclic) bond motifs is 1. The summed E-state index contributed by atoms with van der Waals surface area (Å²) in [5.74, 6) is 1.82. The van der Waals surface area contributed by atoms with E-state index in [2.05, 4.69) is 34.3 Å². The lowest BCUT2D eigenvalue weighted by atomic mass is 9.80. The molecule has 1 aliphatic carbocycles. The topological polar surface area (TPSA) is 58.1 Å². The average Bonchev–Trinajstić information content (AvgIpc) is 3.41. The number of nitrogens with zero attached hydrogens (tertiary/aromatic N) is 3. The minimum atomic E-state index is 0.119. The minimum Gasteiger partial charge on any atom is -0.362 e. The molecule has 1 aromatic heterocycles. The average molecular weight is 336 g/mol. The van der Waals surface area contributed by atoms with Crippen LogP contribution in [0.4, 0.5) is 11.5 Å². The van der Waals surface area contributed by atoms with E-state index in [9.17, 15) is 4.79 Å². The number of hydrogen-bond donors (Lipinski definition) is 1. The molecule has 130 valence electrons. The summed E-state index contributed by atoms with van der Waals surface area (Å²) in [7, 11) is 0. The van der Waals surface area contributed by atoms with Crippen molar-refractivity contribution in [2.45, 2.75) is 45.7 Å². The molecule has 0 saturated heterocycles. The van der Waals surface area contributed by atoms with Crippen molar-refractivity contribution in [3.63, 3.8) is 0 Å². The van der Waals surface area contributed by atoms with E-state index in [0.29, 0.717) is 11.8 Å². The molecule has 1 aliphatic heterocycles. The van der Waals surface area contributed by atoms with E-state index in [-0.39, 0.29) is 18.0 Å². The van der Waals surface area contributed by atoms with Crippen LogP contribution in [0, 0.1) is 18.8 Å². The van der Waals surface area contributed by atoms with Crippen molar-refractivity contribution in [3.8, 4) is 0 Å². The maximum absolute atomic E-state index is 12.4. The third kappa shape index (κ3) is 2.88. The molecule has 1 aromatic carbocycles. The molecule has 0 unspecified atom stereocenters. The van der Waals surface area contributed by atoms with Crippen LogP contribution in [0.2, 0.25) is 0 Å². The van der Waals surface area contributed by atoms with Crippen LogP contribution in [0.25, 0.3) is 0 Å². The van der Waals surface area contributed by atoms with Gasteiger partial charge in [0.05, 0.1) is 17.9 Å². The first-order valence-electron chi connectivity index (χ1n) is 9.00. The number of hydrogen-bond acceptors (Lipinski definition) is 4. The zero-order valence-electron chi connectivity index (χ0n) is 14.9. The molecule has 0 spiro atoms. The molecule has 4 rings (SSSR count). The molecule has 0 bridgehead atoms. The summed E-state index contributed by atoms with van der Waals surface area (Å²) in [6.45, 7) is 5.87. The Hall–Kier alpha value is -2.43. The van der Waals surface area contributed by atoms with Crippen molar-refractivity contribution in [3.05, 3.63) is 47.9 Å². The molecular weight excluding hydrogens is 312 g/mol. The van der Waals surface area contributed by atoms with E-state index in [0.717, 1.165) is 22.8 Å². The van der Waals surface area contributed by atoms with Crippen molar-refractivity contribution in [2.24, 2.45) is 11.8 Å². The van der Waals surface area contributed by atoms with Crippen LogP contribution < -0.4 is 10.2 Å². The zero-order chi connectivity index (χ0) is 17.6. The van der Waals surface area contributed by atoms with Crippen molar-refractivity contribution in [1.82, 2.24) is 9.97 Å². The number of nitrogens with one attached hydrogen (secondary N) is 1. The van der Waals surface area contributed by atoms with Gasteiger partial charge in [0.1, 0.15) is 5.82 Å². The second kappa shape index (κ2) is 6.14. The van der Waals surface area contributed by atoms with Gasteiger partial charge in [-0.25, -0.2) is 4.98 Å². The molecule has 1 saturated carbocycles. The van der Waals surface area contributed by atoms with Gasteiger partial charge < -0.3 is 10.2 Å². The number of carbonyl (C=O) groups is 1.